The van der Waals surface area contributed by atoms with Gasteiger partial charge in [0.2, 0.25) is 11.8 Å². The maximum Gasteiger partial charge on any atom is 0.225 e. The highest BCUT2D eigenvalue weighted by atomic mass is 16.5. The first-order chi connectivity index (χ1) is 10.2. The zero-order valence-corrected chi connectivity index (χ0v) is 13.5. The number of carbonyl (C=O) groups excluding carboxylic acids is 2. The van der Waals surface area contributed by atoms with E-state index in [2.05, 4.69) is 19.2 Å². The second-order valence-electron chi connectivity index (χ2n) is 5.70. The standard InChI is InChI=1S/C16H30N2O3/c1-3-5-9-18-13-14(12-15(18)19)16(20)17-8-7-11-21-10-6-4-2/h14H,3-13H2,1-2H3,(H,17,20). The molecule has 5 nitrogen and oxygen atoms in total. The van der Waals surface area contributed by atoms with E-state index < -0.39 is 0 Å². The molecule has 1 aliphatic rings. The van der Waals surface area contributed by atoms with E-state index in [0.717, 1.165) is 45.3 Å². The molecule has 1 aliphatic heterocycles. The Kier molecular flexibility index (Phi) is 9.06. The van der Waals surface area contributed by atoms with Crippen LogP contribution in [0.5, 0.6) is 0 Å². The van der Waals surface area contributed by atoms with E-state index in [9.17, 15) is 9.59 Å². The normalized spacial score (nSPS) is 18.3. The fourth-order valence-corrected chi connectivity index (χ4v) is 2.39. The van der Waals surface area contributed by atoms with Gasteiger partial charge in [-0.3, -0.25) is 9.59 Å². The van der Waals surface area contributed by atoms with E-state index in [1.165, 1.54) is 0 Å². The number of nitrogens with one attached hydrogen (secondary N) is 1. The number of carbonyl (C=O) groups is 2. The van der Waals surface area contributed by atoms with Crippen LogP contribution < -0.4 is 5.32 Å². The van der Waals surface area contributed by atoms with Crippen molar-refractivity contribution in [2.24, 2.45) is 5.92 Å². The molecule has 1 unspecified atom stereocenters. The highest BCUT2D eigenvalue weighted by molar-refractivity contribution is 5.89. The number of hydrogen-bond acceptors (Lipinski definition) is 3. The Labute approximate surface area is 128 Å². The fraction of sp³-hybridized carbons (Fsp3) is 0.875. The quantitative estimate of drug-likeness (QED) is 0.593. The lowest BCUT2D eigenvalue weighted by atomic mass is 10.1. The van der Waals surface area contributed by atoms with Crippen molar-refractivity contribution in [3.63, 3.8) is 0 Å². The van der Waals surface area contributed by atoms with Gasteiger partial charge in [0.05, 0.1) is 5.92 Å². The minimum absolute atomic E-state index is 0.0101. The van der Waals surface area contributed by atoms with Crippen molar-refractivity contribution in [3.8, 4) is 0 Å². The van der Waals surface area contributed by atoms with Crippen LogP contribution in [0.2, 0.25) is 0 Å². The summed E-state index contributed by atoms with van der Waals surface area (Å²) in [5.74, 6) is -0.0437. The van der Waals surface area contributed by atoms with Crippen molar-refractivity contribution in [1.29, 1.82) is 0 Å². The number of likely N-dealkylation sites (tertiary alicyclic amines) is 1. The Morgan fingerprint density at radius 3 is 2.67 bits per heavy atom. The average molecular weight is 298 g/mol. The molecule has 0 aromatic carbocycles. The van der Waals surface area contributed by atoms with E-state index in [1.54, 1.807) is 0 Å². The number of amides is 2. The molecule has 122 valence electrons. The summed E-state index contributed by atoms with van der Waals surface area (Å²) in [6.07, 6.45) is 5.50. The van der Waals surface area contributed by atoms with Gasteiger partial charge in [0.25, 0.3) is 0 Å². The first-order valence-corrected chi connectivity index (χ1v) is 8.32. The van der Waals surface area contributed by atoms with E-state index in [0.29, 0.717) is 26.1 Å². The maximum absolute atomic E-state index is 12.0. The van der Waals surface area contributed by atoms with Gasteiger partial charge in [-0.1, -0.05) is 26.7 Å². The van der Waals surface area contributed by atoms with Gasteiger partial charge in [0, 0.05) is 39.3 Å². The van der Waals surface area contributed by atoms with Gasteiger partial charge in [-0.15, -0.1) is 0 Å². The SMILES string of the molecule is CCCCOCCCNC(=O)C1CC(=O)N(CCCC)C1. The average Bonchev–Trinajstić information content (AvgIpc) is 2.85. The molecule has 1 saturated heterocycles. The Morgan fingerprint density at radius 1 is 1.24 bits per heavy atom. The summed E-state index contributed by atoms with van der Waals surface area (Å²) in [6.45, 7) is 7.72. The number of unbranched alkanes of at least 4 members (excludes halogenated alkanes) is 2. The Balaban J connectivity index is 2.11. The monoisotopic (exact) mass is 298 g/mol. The Hall–Kier alpha value is -1.10. The predicted molar refractivity (Wildman–Crippen MR) is 82.9 cm³/mol. The van der Waals surface area contributed by atoms with Gasteiger partial charge < -0.3 is 15.0 Å². The van der Waals surface area contributed by atoms with E-state index >= 15 is 0 Å². The van der Waals surface area contributed by atoms with Crippen molar-refractivity contribution in [3.05, 3.63) is 0 Å². The van der Waals surface area contributed by atoms with Crippen LogP contribution in [0.1, 0.15) is 52.4 Å². The largest absolute Gasteiger partial charge is 0.381 e. The van der Waals surface area contributed by atoms with E-state index in [4.69, 9.17) is 4.74 Å². The molecule has 1 heterocycles. The molecule has 0 bridgehead atoms. The third-order valence-electron chi connectivity index (χ3n) is 3.77. The summed E-state index contributed by atoms with van der Waals surface area (Å²) < 4.78 is 5.45. The molecular formula is C16H30N2O3. The van der Waals surface area contributed by atoms with E-state index in [1.807, 2.05) is 4.90 Å². The molecule has 2 amide bonds. The maximum atomic E-state index is 12.0. The molecular weight excluding hydrogens is 268 g/mol. The van der Waals surface area contributed by atoms with Crippen molar-refractivity contribution in [1.82, 2.24) is 10.2 Å². The number of nitrogens with zero attached hydrogens (tertiary/aromatic N) is 1. The summed E-state index contributed by atoms with van der Waals surface area (Å²) in [7, 11) is 0. The minimum Gasteiger partial charge on any atom is -0.381 e. The fourth-order valence-electron chi connectivity index (χ4n) is 2.39. The molecule has 0 saturated carbocycles. The van der Waals surface area contributed by atoms with Crippen LogP contribution in [0.4, 0.5) is 0 Å². The van der Waals surface area contributed by atoms with Crippen LogP contribution in [0.3, 0.4) is 0 Å². The number of ether oxygens (including phenoxy) is 1. The molecule has 0 aromatic rings. The third-order valence-corrected chi connectivity index (χ3v) is 3.77. The van der Waals surface area contributed by atoms with Crippen molar-refractivity contribution >= 4 is 11.8 Å². The van der Waals surface area contributed by atoms with Gasteiger partial charge in [-0.2, -0.15) is 0 Å². The molecule has 0 radical (unpaired) electrons. The van der Waals surface area contributed by atoms with E-state index in [-0.39, 0.29) is 17.7 Å². The molecule has 1 N–H and O–H groups in total. The van der Waals surface area contributed by atoms with Gasteiger partial charge in [-0.05, 0) is 19.3 Å². The minimum atomic E-state index is -0.171. The second kappa shape index (κ2) is 10.6. The predicted octanol–water partition coefficient (Wildman–Crippen LogP) is 1.96. The number of rotatable bonds is 11. The third kappa shape index (κ3) is 6.93. The molecule has 1 fully saturated rings. The first-order valence-electron chi connectivity index (χ1n) is 8.32. The lowest BCUT2D eigenvalue weighted by Crippen LogP contribution is -2.34. The van der Waals surface area contributed by atoms with Crippen LogP contribution in [0, 0.1) is 5.92 Å². The molecule has 0 spiro atoms. The zero-order valence-electron chi connectivity index (χ0n) is 13.5. The van der Waals surface area contributed by atoms with Crippen LogP contribution in [-0.2, 0) is 14.3 Å². The second-order valence-corrected chi connectivity index (χ2v) is 5.70. The summed E-state index contributed by atoms with van der Waals surface area (Å²) in [5, 5.41) is 2.91. The van der Waals surface area contributed by atoms with Crippen molar-refractivity contribution < 1.29 is 14.3 Å². The van der Waals surface area contributed by atoms with Crippen LogP contribution >= 0.6 is 0 Å². The number of hydrogen-bond donors (Lipinski definition) is 1. The topological polar surface area (TPSA) is 58.6 Å². The van der Waals surface area contributed by atoms with Crippen LogP contribution in [-0.4, -0.2) is 49.6 Å². The molecule has 1 rings (SSSR count). The van der Waals surface area contributed by atoms with Gasteiger partial charge in [0.1, 0.15) is 0 Å². The van der Waals surface area contributed by atoms with Gasteiger partial charge >= 0.3 is 0 Å². The molecule has 0 aliphatic carbocycles. The first kappa shape index (κ1) is 18.0. The van der Waals surface area contributed by atoms with Gasteiger partial charge in [0.15, 0.2) is 0 Å². The lowest BCUT2D eigenvalue weighted by molar-refractivity contribution is -0.129. The lowest BCUT2D eigenvalue weighted by Gasteiger charge is -2.15. The summed E-state index contributed by atoms with van der Waals surface area (Å²) in [5.41, 5.74) is 0. The van der Waals surface area contributed by atoms with Crippen LogP contribution in [0.15, 0.2) is 0 Å². The summed E-state index contributed by atoms with van der Waals surface area (Å²) >= 11 is 0. The van der Waals surface area contributed by atoms with Crippen molar-refractivity contribution in [2.75, 3.05) is 32.8 Å². The zero-order chi connectivity index (χ0) is 15.5. The molecule has 21 heavy (non-hydrogen) atoms. The smallest absolute Gasteiger partial charge is 0.225 e. The summed E-state index contributed by atoms with van der Waals surface area (Å²) in [4.78, 5) is 25.6. The Bertz CT molecular complexity index is 321. The summed E-state index contributed by atoms with van der Waals surface area (Å²) in [6, 6.07) is 0. The van der Waals surface area contributed by atoms with Crippen LogP contribution in [0.25, 0.3) is 0 Å². The highest BCUT2D eigenvalue weighted by Crippen LogP contribution is 2.18. The van der Waals surface area contributed by atoms with Crippen molar-refractivity contribution in [2.45, 2.75) is 52.4 Å². The highest BCUT2D eigenvalue weighted by Gasteiger charge is 2.33. The molecule has 5 heteroatoms. The molecule has 0 aromatic heterocycles. The molecule has 1 atom stereocenters. The Morgan fingerprint density at radius 2 is 1.95 bits per heavy atom. The van der Waals surface area contributed by atoms with Gasteiger partial charge in [-0.25, -0.2) is 0 Å².